The third-order valence-electron chi connectivity index (χ3n) is 5.39. The number of piperidine rings is 1. The number of rotatable bonds is 6. The van der Waals surface area contributed by atoms with Crippen LogP contribution in [0.1, 0.15) is 51.9 Å². The molecule has 3 rings (SSSR count). The molecule has 1 saturated heterocycles. The first-order chi connectivity index (χ1) is 14.4. The average Bonchev–Trinajstić information content (AvgIpc) is 3.00. The van der Waals surface area contributed by atoms with Gasteiger partial charge in [0.05, 0.1) is 17.1 Å². The molecule has 1 aromatic carbocycles. The van der Waals surface area contributed by atoms with E-state index in [1.807, 2.05) is 25.7 Å². The average molecular weight is 558 g/mol. The summed E-state index contributed by atoms with van der Waals surface area (Å²) in [5.74, 6) is 0.899. The van der Waals surface area contributed by atoms with Gasteiger partial charge < -0.3 is 14.0 Å². The number of imidazole rings is 1. The van der Waals surface area contributed by atoms with Crippen LogP contribution in [0.2, 0.25) is 25.7 Å². The summed E-state index contributed by atoms with van der Waals surface area (Å²) >= 11 is 2.32. The van der Waals surface area contributed by atoms with Gasteiger partial charge in [-0.2, -0.15) is 0 Å². The molecule has 2 aromatic rings. The summed E-state index contributed by atoms with van der Waals surface area (Å²) in [6.07, 6.45) is 2.68. The molecule has 0 unspecified atom stereocenters. The highest BCUT2D eigenvalue weighted by atomic mass is 127. The number of halogens is 1. The Morgan fingerprint density at radius 1 is 1.26 bits per heavy atom. The number of hydrogen-bond acceptors (Lipinski definition) is 4. The lowest BCUT2D eigenvalue weighted by Gasteiger charge is -2.36. The summed E-state index contributed by atoms with van der Waals surface area (Å²) in [5.41, 5.74) is 1.48. The first kappa shape index (κ1) is 24.5. The summed E-state index contributed by atoms with van der Waals surface area (Å²) in [6.45, 7) is 14.7. The van der Waals surface area contributed by atoms with E-state index < -0.39 is 13.7 Å². The summed E-state index contributed by atoms with van der Waals surface area (Å²) in [6, 6.07) is 7.32. The van der Waals surface area contributed by atoms with E-state index in [-0.39, 0.29) is 12.1 Å². The van der Waals surface area contributed by atoms with Crippen LogP contribution in [0.5, 0.6) is 0 Å². The molecule has 8 heteroatoms. The molecule has 1 atom stereocenters. The predicted octanol–water partition coefficient (Wildman–Crippen LogP) is 6.42. The van der Waals surface area contributed by atoms with Gasteiger partial charge in [-0.05, 0) is 86.9 Å². The highest BCUT2D eigenvalue weighted by Crippen LogP contribution is 2.34. The van der Waals surface area contributed by atoms with Gasteiger partial charge in [-0.15, -0.1) is 0 Å². The fourth-order valence-corrected chi connectivity index (χ4v) is 5.02. The number of aromatic nitrogens is 2. The molecule has 172 valence electrons. The maximum atomic E-state index is 13.0. The monoisotopic (exact) mass is 557 g/mol. The van der Waals surface area contributed by atoms with Crippen molar-refractivity contribution in [1.29, 1.82) is 0 Å². The van der Waals surface area contributed by atoms with Crippen molar-refractivity contribution in [2.75, 3.05) is 13.2 Å². The molecule has 0 spiro atoms. The Hall–Kier alpha value is -1.13. The Kier molecular flexibility index (Phi) is 7.73. The van der Waals surface area contributed by atoms with Crippen molar-refractivity contribution in [2.45, 2.75) is 84.1 Å². The zero-order valence-electron chi connectivity index (χ0n) is 19.7. The summed E-state index contributed by atoms with van der Waals surface area (Å²) < 4.78 is 15.1. The molecule has 1 aromatic heterocycles. The van der Waals surface area contributed by atoms with Gasteiger partial charge in [0.25, 0.3) is 0 Å². The van der Waals surface area contributed by atoms with E-state index in [1.54, 1.807) is 0 Å². The van der Waals surface area contributed by atoms with E-state index in [0.29, 0.717) is 13.3 Å². The minimum atomic E-state index is -1.16. The number of hydrogen-bond donors (Lipinski definition) is 0. The van der Waals surface area contributed by atoms with E-state index in [4.69, 9.17) is 14.5 Å². The molecule has 0 bridgehead atoms. The number of likely N-dealkylation sites (tertiary alicyclic amines) is 1. The van der Waals surface area contributed by atoms with Crippen LogP contribution in [0.15, 0.2) is 18.2 Å². The second kappa shape index (κ2) is 9.78. The number of amides is 1. The standard InChI is InChI=1S/C23H36IN3O3Si/c1-23(2,3)30-22(28)26-12-8-7-9-20(26)21-25-18-15-17(24)10-11-19(18)27(21)16-29-13-14-31(4,5)6/h10-11,15,20H,7-9,12-14,16H2,1-6H3/t20-/m0/s1. The fraction of sp³-hybridized carbons (Fsp3) is 0.652. The molecular formula is C23H36IN3O3Si. The molecular weight excluding hydrogens is 521 g/mol. The number of carbonyl (C=O) groups is 1. The van der Waals surface area contributed by atoms with E-state index in [1.165, 1.54) is 0 Å². The molecule has 1 aliphatic rings. The minimum absolute atomic E-state index is 0.103. The van der Waals surface area contributed by atoms with Crippen LogP contribution in [0.25, 0.3) is 11.0 Å². The highest BCUT2D eigenvalue weighted by molar-refractivity contribution is 14.1. The van der Waals surface area contributed by atoms with Crippen molar-refractivity contribution in [2.24, 2.45) is 0 Å². The van der Waals surface area contributed by atoms with Gasteiger partial charge in [-0.25, -0.2) is 9.78 Å². The third kappa shape index (κ3) is 6.68. The predicted molar refractivity (Wildman–Crippen MR) is 136 cm³/mol. The van der Waals surface area contributed by atoms with Crippen LogP contribution >= 0.6 is 22.6 Å². The molecule has 1 aliphatic heterocycles. The van der Waals surface area contributed by atoms with Crippen molar-refractivity contribution >= 4 is 47.8 Å². The molecule has 1 fully saturated rings. The molecule has 2 heterocycles. The Balaban J connectivity index is 1.91. The number of ether oxygens (including phenoxy) is 2. The van der Waals surface area contributed by atoms with Crippen LogP contribution < -0.4 is 0 Å². The lowest BCUT2D eigenvalue weighted by molar-refractivity contribution is 0.00662. The van der Waals surface area contributed by atoms with Crippen LogP contribution in [0.4, 0.5) is 4.79 Å². The van der Waals surface area contributed by atoms with Crippen molar-refractivity contribution in [3.63, 3.8) is 0 Å². The van der Waals surface area contributed by atoms with Gasteiger partial charge in [0, 0.05) is 24.8 Å². The Morgan fingerprint density at radius 2 is 2.00 bits per heavy atom. The second-order valence-corrected chi connectivity index (χ2v) is 17.4. The maximum absolute atomic E-state index is 13.0. The Labute approximate surface area is 200 Å². The van der Waals surface area contributed by atoms with Gasteiger partial charge >= 0.3 is 6.09 Å². The second-order valence-electron chi connectivity index (χ2n) is 10.6. The lowest BCUT2D eigenvalue weighted by atomic mass is 10.0. The summed E-state index contributed by atoms with van der Waals surface area (Å²) in [5, 5.41) is 0. The molecule has 0 aliphatic carbocycles. The van der Waals surface area contributed by atoms with Crippen molar-refractivity contribution in [1.82, 2.24) is 14.5 Å². The smallest absolute Gasteiger partial charge is 0.410 e. The van der Waals surface area contributed by atoms with Crippen LogP contribution in [0, 0.1) is 3.57 Å². The highest BCUT2D eigenvalue weighted by Gasteiger charge is 2.34. The SMILES string of the molecule is CC(C)(C)OC(=O)N1CCCC[C@H]1c1nc2cc(I)ccc2n1COCC[Si](C)(C)C. The molecule has 0 N–H and O–H groups in total. The quantitative estimate of drug-likeness (QED) is 0.234. The van der Waals surface area contributed by atoms with Gasteiger partial charge in [-0.1, -0.05) is 19.6 Å². The molecule has 31 heavy (non-hydrogen) atoms. The van der Waals surface area contributed by atoms with Crippen LogP contribution in [-0.2, 0) is 16.2 Å². The number of benzene rings is 1. The number of nitrogens with zero attached hydrogens (tertiary/aromatic N) is 3. The van der Waals surface area contributed by atoms with Crippen molar-refractivity contribution in [3.8, 4) is 0 Å². The third-order valence-corrected chi connectivity index (χ3v) is 7.76. The van der Waals surface area contributed by atoms with Crippen LogP contribution in [-0.4, -0.2) is 47.4 Å². The van der Waals surface area contributed by atoms with Gasteiger partial charge in [0.2, 0.25) is 0 Å². The zero-order valence-corrected chi connectivity index (χ0v) is 22.9. The molecule has 1 amide bonds. The molecule has 0 radical (unpaired) electrons. The first-order valence-electron chi connectivity index (χ1n) is 11.2. The van der Waals surface area contributed by atoms with Crippen LogP contribution in [0.3, 0.4) is 0 Å². The lowest BCUT2D eigenvalue weighted by Crippen LogP contribution is -2.42. The summed E-state index contributed by atoms with van der Waals surface area (Å²) in [7, 11) is -1.16. The zero-order chi connectivity index (χ0) is 22.8. The summed E-state index contributed by atoms with van der Waals surface area (Å²) in [4.78, 5) is 19.8. The largest absolute Gasteiger partial charge is 0.444 e. The number of fused-ring (bicyclic) bond motifs is 1. The van der Waals surface area contributed by atoms with E-state index in [0.717, 1.165) is 52.3 Å². The first-order valence-corrected chi connectivity index (χ1v) is 16.0. The maximum Gasteiger partial charge on any atom is 0.410 e. The van der Waals surface area contributed by atoms with Gasteiger partial charge in [-0.3, -0.25) is 4.90 Å². The van der Waals surface area contributed by atoms with Crippen molar-refractivity contribution in [3.05, 3.63) is 27.6 Å². The molecule has 6 nitrogen and oxygen atoms in total. The Bertz CT molecular complexity index is 917. The van der Waals surface area contributed by atoms with E-state index in [9.17, 15) is 4.79 Å². The van der Waals surface area contributed by atoms with E-state index >= 15 is 0 Å². The topological polar surface area (TPSA) is 56.6 Å². The van der Waals surface area contributed by atoms with Gasteiger partial charge in [0.1, 0.15) is 18.2 Å². The fourth-order valence-electron chi connectivity index (χ4n) is 3.78. The number of carbonyl (C=O) groups excluding carboxylic acids is 1. The minimum Gasteiger partial charge on any atom is -0.444 e. The van der Waals surface area contributed by atoms with Gasteiger partial charge in [0.15, 0.2) is 0 Å². The van der Waals surface area contributed by atoms with E-state index in [2.05, 4.69) is 65.0 Å². The Morgan fingerprint density at radius 3 is 2.68 bits per heavy atom. The normalized spacial score (nSPS) is 17.9. The van der Waals surface area contributed by atoms with Crippen molar-refractivity contribution < 1.29 is 14.3 Å². The molecule has 0 saturated carbocycles.